The number of carbonyl (C=O) groups excluding carboxylic acids is 1. The maximum Gasteiger partial charge on any atom is 0.490 e. The Labute approximate surface area is 217 Å². The van der Waals surface area contributed by atoms with Crippen LogP contribution in [-0.2, 0) is 26.2 Å². The fourth-order valence-electron chi connectivity index (χ4n) is 3.31. The van der Waals surface area contributed by atoms with Gasteiger partial charge in [0.05, 0.1) is 4.88 Å². The number of amidine groups is 1. The molecule has 1 aliphatic heterocycles. The van der Waals surface area contributed by atoms with Gasteiger partial charge in [0.25, 0.3) is 10.0 Å². The highest BCUT2D eigenvalue weighted by Crippen LogP contribution is 2.30. The van der Waals surface area contributed by atoms with Crippen molar-refractivity contribution in [3.05, 3.63) is 53.8 Å². The van der Waals surface area contributed by atoms with E-state index in [4.69, 9.17) is 31.3 Å². The highest BCUT2D eigenvalue weighted by Gasteiger charge is 2.38. The second-order valence-electron chi connectivity index (χ2n) is 7.86. The zero-order valence-electron chi connectivity index (χ0n) is 19.2. The number of hydrogen-bond acceptors (Lipinski definition) is 9. The second kappa shape index (κ2) is 11.2. The van der Waals surface area contributed by atoms with Crippen LogP contribution in [0.25, 0.3) is 10.6 Å². The standard InChI is InChI=1S/C19H20N6O4S2.C2HF3O2/c20-13-2-1-11(18(21)22)9-12(13)10-25-7-5-15(19(25)26)24-31(27,28)17-4-3-16(30-17)14-6-8-29-23-14;3-2(4,5)1(6)7/h1-4,6,8-9,15,24H,5,7,10,20H2,(H3,21,22);(H,6,7). The van der Waals surface area contributed by atoms with Crippen LogP contribution in [-0.4, -0.2) is 60.1 Å². The Morgan fingerprint density at radius 1 is 1.29 bits per heavy atom. The lowest BCUT2D eigenvalue weighted by atomic mass is 10.1. The maximum absolute atomic E-state index is 12.8. The number of carbonyl (C=O) groups is 2. The Hall–Kier alpha value is -3.96. The summed E-state index contributed by atoms with van der Waals surface area (Å²) in [5, 5.41) is 18.5. The smallest absolute Gasteiger partial charge is 0.475 e. The summed E-state index contributed by atoms with van der Waals surface area (Å²) >= 11 is 1.05. The molecular weight excluding hydrogens is 553 g/mol. The van der Waals surface area contributed by atoms with Gasteiger partial charge in [-0.15, -0.1) is 11.3 Å². The molecular formula is C21H21F3N6O6S2. The van der Waals surface area contributed by atoms with Crippen molar-refractivity contribution in [2.75, 3.05) is 12.3 Å². The molecule has 1 atom stereocenters. The van der Waals surface area contributed by atoms with Gasteiger partial charge in [-0.05, 0) is 42.3 Å². The summed E-state index contributed by atoms with van der Waals surface area (Å²) in [6, 6.07) is 8.83. The highest BCUT2D eigenvalue weighted by molar-refractivity contribution is 7.91. The Morgan fingerprint density at radius 2 is 1.97 bits per heavy atom. The number of sulfonamides is 1. The van der Waals surface area contributed by atoms with Gasteiger partial charge < -0.3 is 26.0 Å². The van der Waals surface area contributed by atoms with E-state index in [9.17, 15) is 26.4 Å². The molecule has 0 bridgehead atoms. The molecule has 3 aromatic rings. The zero-order chi connectivity index (χ0) is 28.3. The van der Waals surface area contributed by atoms with Crippen LogP contribution in [0.15, 0.2) is 51.4 Å². The van der Waals surface area contributed by atoms with Gasteiger partial charge in [-0.25, -0.2) is 13.2 Å². The lowest BCUT2D eigenvalue weighted by Gasteiger charge is -2.19. The summed E-state index contributed by atoms with van der Waals surface area (Å²) in [6.45, 7) is 0.587. The van der Waals surface area contributed by atoms with Crippen molar-refractivity contribution in [2.24, 2.45) is 5.73 Å². The van der Waals surface area contributed by atoms with E-state index in [-0.39, 0.29) is 22.5 Å². The number of aliphatic carboxylic acids is 1. The van der Waals surface area contributed by atoms with E-state index < -0.39 is 28.2 Å². The van der Waals surface area contributed by atoms with Crippen molar-refractivity contribution in [1.82, 2.24) is 14.8 Å². The molecule has 0 saturated carbocycles. The molecule has 1 aliphatic rings. The monoisotopic (exact) mass is 574 g/mol. The largest absolute Gasteiger partial charge is 0.490 e. The van der Waals surface area contributed by atoms with Crippen LogP contribution in [0.1, 0.15) is 17.5 Å². The van der Waals surface area contributed by atoms with Gasteiger partial charge in [0.1, 0.15) is 28.0 Å². The fourth-order valence-corrected chi connectivity index (χ4v) is 5.82. The summed E-state index contributed by atoms with van der Waals surface area (Å²) in [6.07, 6.45) is -3.34. The summed E-state index contributed by atoms with van der Waals surface area (Å²) in [4.78, 5) is 23.9. The van der Waals surface area contributed by atoms with E-state index in [1.807, 2.05) is 0 Å². The molecule has 0 aliphatic carbocycles. The van der Waals surface area contributed by atoms with Crippen LogP contribution in [0.4, 0.5) is 18.9 Å². The number of nitrogens with zero attached hydrogens (tertiary/aromatic N) is 2. The number of likely N-dealkylation sites (tertiary alicyclic amines) is 1. The van der Waals surface area contributed by atoms with Crippen LogP contribution in [0, 0.1) is 5.41 Å². The van der Waals surface area contributed by atoms with Crippen molar-refractivity contribution in [3.8, 4) is 10.6 Å². The Bertz CT molecular complexity index is 1440. The molecule has 0 radical (unpaired) electrons. The minimum absolute atomic E-state index is 0.0927. The van der Waals surface area contributed by atoms with Crippen LogP contribution < -0.4 is 16.2 Å². The molecule has 1 fully saturated rings. The molecule has 1 unspecified atom stereocenters. The van der Waals surface area contributed by atoms with E-state index in [2.05, 4.69) is 9.88 Å². The SMILES string of the molecule is N=C(N)c1ccc(N)c(CN2CCC(NS(=O)(=O)c3ccc(-c4ccon4)s3)C2=O)c1.O=C(O)C(F)(F)F. The number of benzene rings is 1. The van der Waals surface area contributed by atoms with Gasteiger partial charge in [-0.3, -0.25) is 10.2 Å². The first kappa shape index (κ1) is 28.6. The van der Waals surface area contributed by atoms with Crippen molar-refractivity contribution in [1.29, 1.82) is 5.41 Å². The van der Waals surface area contributed by atoms with Gasteiger partial charge in [-0.2, -0.15) is 17.9 Å². The van der Waals surface area contributed by atoms with Crippen LogP contribution in [0.5, 0.6) is 0 Å². The molecule has 4 rings (SSSR count). The number of nitrogens with two attached hydrogens (primary N) is 2. The number of nitrogen functional groups attached to an aromatic ring is 2. The number of hydrogen-bond donors (Lipinski definition) is 5. The number of nitrogens with one attached hydrogen (secondary N) is 2. The maximum atomic E-state index is 12.8. The number of alkyl halides is 3. The molecule has 12 nitrogen and oxygen atoms in total. The number of anilines is 1. The van der Waals surface area contributed by atoms with Gasteiger partial charge in [0.2, 0.25) is 5.91 Å². The number of carboxylic acid groups (broad SMARTS) is 1. The summed E-state index contributed by atoms with van der Waals surface area (Å²) < 4.78 is 64.7. The molecule has 7 N–H and O–H groups in total. The van der Waals surface area contributed by atoms with E-state index in [0.717, 1.165) is 11.3 Å². The minimum atomic E-state index is -5.08. The third-order valence-electron chi connectivity index (χ3n) is 5.19. The van der Waals surface area contributed by atoms with Crippen molar-refractivity contribution in [2.45, 2.75) is 29.4 Å². The molecule has 1 saturated heterocycles. The van der Waals surface area contributed by atoms with Crippen LogP contribution >= 0.6 is 11.3 Å². The molecule has 1 amide bonds. The topological polar surface area (TPSA) is 206 Å². The minimum Gasteiger partial charge on any atom is -0.475 e. The number of rotatable bonds is 7. The van der Waals surface area contributed by atoms with Crippen molar-refractivity contribution in [3.63, 3.8) is 0 Å². The quantitative estimate of drug-likeness (QED) is 0.159. The molecule has 38 heavy (non-hydrogen) atoms. The number of thiophene rings is 1. The van der Waals surface area contributed by atoms with Crippen molar-refractivity contribution >= 4 is 44.8 Å². The Balaban J connectivity index is 0.000000505. The van der Waals surface area contributed by atoms with Gasteiger partial charge in [0, 0.05) is 30.4 Å². The average molecular weight is 575 g/mol. The molecule has 17 heteroatoms. The lowest BCUT2D eigenvalue weighted by Crippen LogP contribution is -2.41. The van der Waals surface area contributed by atoms with Crippen LogP contribution in [0.2, 0.25) is 0 Å². The van der Waals surface area contributed by atoms with Crippen LogP contribution in [0.3, 0.4) is 0 Å². The van der Waals surface area contributed by atoms with Gasteiger partial charge >= 0.3 is 12.1 Å². The van der Waals surface area contributed by atoms with E-state index in [1.165, 1.54) is 17.2 Å². The predicted octanol–water partition coefficient (Wildman–Crippen LogP) is 1.98. The Kier molecular flexibility index (Phi) is 8.43. The first-order valence-corrected chi connectivity index (χ1v) is 12.8. The summed E-state index contributed by atoms with van der Waals surface area (Å²) in [5.74, 6) is -3.18. The summed E-state index contributed by atoms with van der Waals surface area (Å²) in [7, 11) is -3.88. The zero-order valence-corrected chi connectivity index (χ0v) is 20.9. The first-order valence-electron chi connectivity index (χ1n) is 10.5. The van der Waals surface area contributed by atoms with E-state index >= 15 is 0 Å². The normalized spacial score (nSPS) is 15.7. The Morgan fingerprint density at radius 3 is 2.55 bits per heavy atom. The summed E-state index contributed by atoms with van der Waals surface area (Å²) in [5.41, 5.74) is 13.7. The molecule has 3 heterocycles. The molecule has 0 spiro atoms. The number of amides is 1. The average Bonchev–Trinajstić information content (AvgIpc) is 3.58. The van der Waals surface area contributed by atoms with Gasteiger partial charge in [-0.1, -0.05) is 5.16 Å². The lowest BCUT2D eigenvalue weighted by molar-refractivity contribution is -0.192. The van der Waals surface area contributed by atoms with Gasteiger partial charge in [0.15, 0.2) is 0 Å². The van der Waals surface area contributed by atoms with E-state index in [0.29, 0.717) is 40.4 Å². The fraction of sp³-hybridized carbons (Fsp3) is 0.238. The number of aromatic nitrogens is 1. The molecule has 204 valence electrons. The number of carboxylic acids is 1. The first-order chi connectivity index (χ1) is 17.7. The van der Waals surface area contributed by atoms with E-state index in [1.54, 1.807) is 30.3 Å². The molecule has 2 aromatic heterocycles. The number of halogens is 3. The third-order valence-corrected chi connectivity index (χ3v) is 8.26. The third kappa shape index (κ3) is 6.87. The second-order valence-corrected chi connectivity index (χ2v) is 10.9. The van der Waals surface area contributed by atoms with Crippen molar-refractivity contribution < 1.29 is 40.8 Å². The highest BCUT2D eigenvalue weighted by atomic mass is 32.2. The predicted molar refractivity (Wildman–Crippen MR) is 130 cm³/mol. The molecule has 1 aromatic carbocycles.